The second-order valence-electron chi connectivity index (χ2n) is 5.60. The number of amides is 1. The number of fused-ring (bicyclic) bond motifs is 1. The summed E-state index contributed by atoms with van der Waals surface area (Å²) in [6.07, 6.45) is 4.32. The number of hydrogen-bond acceptors (Lipinski definition) is 6. The molecule has 0 fully saturated rings. The first kappa shape index (κ1) is 15.3. The van der Waals surface area contributed by atoms with Crippen LogP contribution in [0.3, 0.4) is 0 Å². The van der Waals surface area contributed by atoms with E-state index in [1.165, 1.54) is 18.8 Å². The molecular formula is C18H15NO6. The van der Waals surface area contributed by atoms with Gasteiger partial charge in [0, 0.05) is 11.1 Å². The third-order valence-electron chi connectivity index (χ3n) is 4.07. The number of benzene rings is 1. The lowest BCUT2D eigenvalue weighted by Gasteiger charge is -2.25. The van der Waals surface area contributed by atoms with E-state index in [1.807, 2.05) is 0 Å². The molecule has 3 heterocycles. The first-order valence-electron chi connectivity index (χ1n) is 7.64. The molecule has 25 heavy (non-hydrogen) atoms. The molecule has 1 aromatic carbocycles. The SMILES string of the molecule is O=C(NC[C@@](O)(c1ccoc1)c1ccco1)c1ccc2c(c1)OCO2. The van der Waals surface area contributed by atoms with Crippen LogP contribution in [0.1, 0.15) is 21.7 Å². The molecule has 0 bridgehead atoms. The number of carbonyl (C=O) groups excluding carboxylic acids is 1. The Labute approximate surface area is 142 Å². The van der Waals surface area contributed by atoms with Crippen molar-refractivity contribution in [1.29, 1.82) is 0 Å². The van der Waals surface area contributed by atoms with E-state index >= 15 is 0 Å². The molecule has 0 spiro atoms. The minimum Gasteiger partial charge on any atom is -0.472 e. The summed E-state index contributed by atoms with van der Waals surface area (Å²) in [4.78, 5) is 12.5. The van der Waals surface area contributed by atoms with E-state index in [1.54, 1.807) is 36.4 Å². The van der Waals surface area contributed by atoms with Crippen molar-refractivity contribution in [3.63, 3.8) is 0 Å². The Balaban J connectivity index is 1.55. The molecule has 7 heteroatoms. The molecule has 2 aromatic heterocycles. The van der Waals surface area contributed by atoms with E-state index in [0.29, 0.717) is 28.4 Å². The van der Waals surface area contributed by atoms with Gasteiger partial charge in [-0.3, -0.25) is 4.79 Å². The van der Waals surface area contributed by atoms with Gasteiger partial charge in [0.1, 0.15) is 5.76 Å². The van der Waals surface area contributed by atoms with Gasteiger partial charge in [0.15, 0.2) is 17.1 Å². The lowest BCUT2D eigenvalue weighted by Crippen LogP contribution is -2.41. The van der Waals surface area contributed by atoms with Crippen LogP contribution in [0.2, 0.25) is 0 Å². The fourth-order valence-corrected chi connectivity index (χ4v) is 2.69. The molecule has 2 N–H and O–H groups in total. The predicted octanol–water partition coefficient (Wildman–Crippen LogP) is 2.27. The van der Waals surface area contributed by atoms with Crippen molar-refractivity contribution in [3.8, 4) is 11.5 Å². The van der Waals surface area contributed by atoms with Crippen molar-refractivity contribution in [2.24, 2.45) is 0 Å². The van der Waals surface area contributed by atoms with Gasteiger partial charge in [-0.25, -0.2) is 0 Å². The topological polar surface area (TPSA) is 94.1 Å². The highest BCUT2D eigenvalue weighted by Crippen LogP contribution is 2.33. The molecule has 0 unspecified atom stereocenters. The second-order valence-corrected chi connectivity index (χ2v) is 5.60. The molecule has 7 nitrogen and oxygen atoms in total. The van der Waals surface area contributed by atoms with Crippen molar-refractivity contribution in [2.75, 3.05) is 13.3 Å². The Morgan fingerprint density at radius 1 is 1.16 bits per heavy atom. The van der Waals surface area contributed by atoms with Crippen LogP contribution >= 0.6 is 0 Å². The minimum absolute atomic E-state index is 0.0900. The molecule has 0 radical (unpaired) electrons. The Hall–Kier alpha value is -3.19. The summed E-state index contributed by atoms with van der Waals surface area (Å²) in [6.45, 7) is 0.0481. The van der Waals surface area contributed by atoms with Crippen LogP contribution in [0.4, 0.5) is 0 Å². The maximum atomic E-state index is 12.5. The van der Waals surface area contributed by atoms with Gasteiger partial charge in [-0.2, -0.15) is 0 Å². The van der Waals surface area contributed by atoms with Gasteiger partial charge >= 0.3 is 0 Å². The molecule has 0 aliphatic carbocycles. The number of nitrogens with one attached hydrogen (secondary N) is 1. The first-order valence-corrected chi connectivity index (χ1v) is 7.64. The molecular weight excluding hydrogens is 326 g/mol. The van der Waals surface area contributed by atoms with Gasteiger partial charge in [-0.05, 0) is 36.4 Å². The quantitative estimate of drug-likeness (QED) is 0.739. The zero-order chi connectivity index (χ0) is 17.3. The van der Waals surface area contributed by atoms with Crippen LogP contribution < -0.4 is 14.8 Å². The van der Waals surface area contributed by atoms with E-state index < -0.39 is 5.60 Å². The fraction of sp³-hybridized carbons (Fsp3) is 0.167. The summed E-state index contributed by atoms with van der Waals surface area (Å²) in [7, 11) is 0. The molecule has 4 rings (SSSR count). The van der Waals surface area contributed by atoms with Gasteiger partial charge in [0.2, 0.25) is 6.79 Å². The zero-order valence-electron chi connectivity index (χ0n) is 13.1. The van der Waals surface area contributed by atoms with Crippen molar-refractivity contribution >= 4 is 5.91 Å². The Bertz CT molecular complexity index is 835. The summed E-state index contributed by atoms with van der Waals surface area (Å²) >= 11 is 0. The van der Waals surface area contributed by atoms with Crippen LogP contribution in [-0.4, -0.2) is 24.4 Å². The highest BCUT2D eigenvalue weighted by molar-refractivity contribution is 5.95. The maximum Gasteiger partial charge on any atom is 0.251 e. The standard InChI is InChI=1S/C18H15NO6/c20-17(12-3-4-14-15(8-12)25-11-24-14)19-10-18(21,13-5-7-22-9-13)16-2-1-6-23-16/h1-9,21H,10-11H2,(H,19,20)/t18-/m1/s1. The lowest BCUT2D eigenvalue weighted by atomic mass is 9.93. The zero-order valence-corrected chi connectivity index (χ0v) is 13.1. The average Bonchev–Trinajstić information content (AvgIpc) is 3.40. The summed E-state index contributed by atoms with van der Waals surface area (Å²) in [5.41, 5.74) is -0.658. The molecule has 1 amide bonds. The summed E-state index contributed by atoms with van der Waals surface area (Å²) in [5, 5.41) is 13.8. The van der Waals surface area contributed by atoms with Crippen LogP contribution in [0, 0.1) is 0 Å². The van der Waals surface area contributed by atoms with Crippen LogP contribution in [0.15, 0.2) is 64.0 Å². The van der Waals surface area contributed by atoms with Gasteiger partial charge in [0.05, 0.1) is 25.3 Å². The van der Waals surface area contributed by atoms with Crippen molar-refractivity contribution in [1.82, 2.24) is 5.32 Å². The molecule has 1 atom stereocenters. The van der Waals surface area contributed by atoms with Gasteiger partial charge in [-0.15, -0.1) is 0 Å². The fourth-order valence-electron chi connectivity index (χ4n) is 2.69. The van der Waals surface area contributed by atoms with E-state index in [0.717, 1.165) is 0 Å². The highest BCUT2D eigenvalue weighted by atomic mass is 16.7. The third kappa shape index (κ3) is 2.74. The Morgan fingerprint density at radius 3 is 2.80 bits per heavy atom. The van der Waals surface area contributed by atoms with E-state index in [-0.39, 0.29) is 19.2 Å². The summed E-state index contributed by atoms with van der Waals surface area (Å²) in [5.74, 6) is 1.07. The van der Waals surface area contributed by atoms with Crippen molar-refractivity contribution in [3.05, 3.63) is 72.1 Å². The van der Waals surface area contributed by atoms with Crippen molar-refractivity contribution in [2.45, 2.75) is 5.60 Å². The Morgan fingerprint density at radius 2 is 2.04 bits per heavy atom. The molecule has 1 aliphatic heterocycles. The monoisotopic (exact) mass is 341 g/mol. The second kappa shape index (κ2) is 6.03. The number of hydrogen-bond donors (Lipinski definition) is 2. The van der Waals surface area contributed by atoms with Crippen LogP contribution in [0.5, 0.6) is 11.5 Å². The lowest BCUT2D eigenvalue weighted by molar-refractivity contribution is 0.0520. The van der Waals surface area contributed by atoms with Gasteiger partial charge in [-0.1, -0.05) is 0 Å². The normalized spacial score (nSPS) is 14.9. The number of carbonyl (C=O) groups is 1. The highest BCUT2D eigenvalue weighted by Gasteiger charge is 2.36. The van der Waals surface area contributed by atoms with Crippen molar-refractivity contribution < 1.29 is 28.2 Å². The first-order chi connectivity index (χ1) is 12.2. The number of ether oxygens (including phenoxy) is 2. The Kier molecular flexibility index (Phi) is 3.70. The predicted molar refractivity (Wildman–Crippen MR) is 85.3 cm³/mol. The molecule has 128 valence electrons. The largest absolute Gasteiger partial charge is 0.472 e. The van der Waals surface area contributed by atoms with Gasteiger partial charge < -0.3 is 28.7 Å². The minimum atomic E-state index is -1.54. The molecule has 0 saturated heterocycles. The van der Waals surface area contributed by atoms with E-state index in [2.05, 4.69) is 5.32 Å². The number of rotatable bonds is 5. The molecule has 1 aliphatic rings. The van der Waals surface area contributed by atoms with E-state index in [9.17, 15) is 9.90 Å². The maximum absolute atomic E-state index is 12.5. The average molecular weight is 341 g/mol. The van der Waals surface area contributed by atoms with Crippen LogP contribution in [-0.2, 0) is 5.60 Å². The summed E-state index contributed by atoms with van der Waals surface area (Å²) in [6, 6.07) is 9.83. The van der Waals surface area contributed by atoms with E-state index in [4.69, 9.17) is 18.3 Å². The van der Waals surface area contributed by atoms with Gasteiger partial charge in [0.25, 0.3) is 5.91 Å². The number of aliphatic hydroxyl groups is 1. The third-order valence-corrected chi connectivity index (χ3v) is 4.07. The smallest absolute Gasteiger partial charge is 0.251 e. The molecule has 3 aromatic rings. The molecule has 0 saturated carbocycles. The number of furan rings is 2. The summed E-state index contributed by atoms with van der Waals surface area (Å²) < 4.78 is 20.9. The van der Waals surface area contributed by atoms with Crippen LogP contribution in [0.25, 0.3) is 0 Å².